The third-order valence-electron chi connectivity index (χ3n) is 5.09. The topological polar surface area (TPSA) is 44.8 Å². The Balaban J connectivity index is 1.67. The van der Waals surface area contributed by atoms with Crippen LogP contribution in [0.25, 0.3) is 0 Å². The Morgan fingerprint density at radius 2 is 1.70 bits per heavy atom. The van der Waals surface area contributed by atoms with Crippen LogP contribution >= 0.6 is 0 Å². The van der Waals surface area contributed by atoms with Crippen molar-refractivity contribution in [2.45, 2.75) is 65.0 Å². The van der Waals surface area contributed by atoms with Crippen LogP contribution in [0.5, 0.6) is 0 Å². The fourth-order valence-corrected chi connectivity index (χ4v) is 3.65. The van der Waals surface area contributed by atoms with Crippen LogP contribution in [0.1, 0.15) is 53.4 Å². The molecular weight excluding hydrogens is 290 g/mol. The van der Waals surface area contributed by atoms with Crippen LogP contribution in [-0.2, 0) is 4.74 Å². The average molecular weight is 325 g/mol. The fourth-order valence-electron chi connectivity index (χ4n) is 3.65. The molecule has 5 heteroatoms. The van der Waals surface area contributed by atoms with Gasteiger partial charge in [0.15, 0.2) is 0 Å². The molecule has 1 aliphatic heterocycles. The highest BCUT2D eigenvalue weighted by Crippen LogP contribution is 2.28. The van der Waals surface area contributed by atoms with Crippen molar-refractivity contribution >= 4 is 6.09 Å². The van der Waals surface area contributed by atoms with E-state index in [1.807, 2.05) is 11.8 Å². The van der Waals surface area contributed by atoms with E-state index in [2.05, 4.69) is 31.0 Å². The summed E-state index contributed by atoms with van der Waals surface area (Å²) in [7, 11) is 0. The van der Waals surface area contributed by atoms with E-state index in [4.69, 9.17) is 4.74 Å². The maximum Gasteiger partial charge on any atom is 0.409 e. The quantitative estimate of drug-likeness (QED) is 0.863. The molecule has 1 N–H and O–H groups in total. The summed E-state index contributed by atoms with van der Waals surface area (Å²) in [5.41, 5.74) is 0.222. The molecule has 0 atom stereocenters. The van der Waals surface area contributed by atoms with Gasteiger partial charge in [-0.25, -0.2) is 4.79 Å². The number of nitrogens with one attached hydrogen (secondary N) is 1. The van der Waals surface area contributed by atoms with Crippen molar-refractivity contribution in [1.82, 2.24) is 15.1 Å². The molecule has 5 nitrogen and oxygen atoms in total. The summed E-state index contributed by atoms with van der Waals surface area (Å²) in [5, 5.41) is 3.64. The summed E-state index contributed by atoms with van der Waals surface area (Å²) in [4.78, 5) is 16.2. The van der Waals surface area contributed by atoms with Crippen molar-refractivity contribution in [2.75, 3.05) is 39.3 Å². The zero-order valence-electron chi connectivity index (χ0n) is 15.4. The molecule has 134 valence electrons. The molecule has 2 aliphatic rings. The third kappa shape index (κ3) is 5.96. The molecule has 2 rings (SSSR count). The zero-order chi connectivity index (χ0) is 16.9. The lowest BCUT2D eigenvalue weighted by atomic mass is 9.84. The van der Waals surface area contributed by atoms with Crippen LogP contribution in [-0.4, -0.2) is 66.8 Å². The van der Waals surface area contributed by atoms with E-state index in [1.54, 1.807) is 0 Å². The van der Waals surface area contributed by atoms with Gasteiger partial charge in [-0.3, -0.25) is 4.90 Å². The summed E-state index contributed by atoms with van der Waals surface area (Å²) < 4.78 is 5.09. The van der Waals surface area contributed by atoms with E-state index in [1.165, 1.54) is 25.7 Å². The largest absolute Gasteiger partial charge is 0.450 e. The SMILES string of the molecule is CCOC(=O)N1CCN(C2CCC(CNC(C)(C)C)CC2)CC1. The minimum absolute atomic E-state index is 0.149. The standard InChI is InChI=1S/C18H35N3O2/c1-5-23-17(22)21-12-10-20(11-13-21)16-8-6-15(7-9-16)14-19-18(2,3)4/h15-16,19H,5-14H2,1-4H3. The lowest BCUT2D eigenvalue weighted by molar-refractivity contribution is 0.0534. The second-order valence-corrected chi connectivity index (χ2v) is 8.03. The molecule has 0 unspecified atom stereocenters. The van der Waals surface area contributed by atoms with E-state index in [0.29, 0.717) is 12.6 Å². The monoisotopic (exact) mass is 325 g/mol. The number of carbonyl (C=O) groups excluding carboxylic acids is 1. The molecule has 23 heavy (non-hydrogen) atoms. The van der Waals surface area contributed by atoms with Crippen molar-refractivity contribution in [1.29, 1.82) is 0 Å². The lowest BCUT2D eigenvalue weighted by Crippen LogP contribution is -2.53. The van der Waals surface area contributed by atoms with Gasteiger partial charge < -0.3 is 15.0 Å². The summed E-state index contributed by atoms with van der Waals surface area (Å²) in [6, 6.07) is 0.713. The van der Waals surface area contributed by atoms with E-state index >= 15 is 0 Å². The lowest BCUT2D eigenvalue weighted by Gasteiger charge is -2.42. The maximum absolute atomic E-state index is 11.8. The Bertz CT molecular complexity index is 365. The third-order valence-corrected chi connectivity index (χ3v) is 5.09. The first-order chi connectivity index (χ1) is 10.9. The van der Waals surface area contributed by atoms with Gasteiger partial charge in [-0.2, -0.15) is 0 Å². The Labute approximate surface area is 141 Å². The van der Waals surface area contributed by atoms with Crippen molar-refractivity contribution in [2.24, 2.45) is 5.92 Å². The zero-order valence-corrected chi connectivity index (χ0v) is 15.4. The molecule has 0 aromatic heterocycles. The van der Waals surface area contributed by atoms with E-state index < -0.39 is 0 Å². The van der Waals surface area contributed by atoms with Crippen LogP contribution in [0, 0.1) is 5.92 Å². The van der Waals surface area contributed by atoms with E-state index in [0.717, 1.165) is 38.6 Å². The van der Waals surface area contributed by atoms with E-state index in [-0.39, 0.29) is 11.6 Å². The number of hydrogen-bond acceptors (Lipinski definition) is 4. The number of carbonyl (C=O) groups is 1. The smallest absolute Gasteiger partial charge is 0.409 e. The average Bonchev–Trinajstić information content (AvgIpc) is 2.53. The Kier molecular flexibility index (Phi) is 6.72. The molecule has 1 aliphatic carbocycles. The first-order valence-corrected chi connectivity index (χ1v) is 9.30. The number of ether oxygens (including phenoxy) is 1. The molecular formula is C18H35N3O2. The van der Waals surface area contributed by atoms with Crippen molar-refractivity contribution < 1.29 is 9.53 Å². The Morgan fingerprint density at radius 1 is 1.09 bits per heavy atom. The normalized spacial score (nSPS) is 27.0. The first kappa shape index (κ1) is 18.5. The molecule has 0 aromatic carbocycles. The van der Waals surface area contributed by atoms with Crippen LogP contribution in [0.15, 0.2) is 0 Å². The summed E-state index contributed by atoms with van der Waals surface area (Å²) in [5.74, 6) is 0.825. The van der Waals surface area contributed by atoms with Gasteiger partial charge in [0.1, 0.15) is 0 Å². The fraction of sp³-hybridized carbons (Fsp3) is 0.944. The van der Waals surface area contributed by atoms with Gasteiger partial charge >= 0.3 is 6.09 Å². The molecule has 1 heterocycles. The molecule has 0 bridgehead atoms. The Hall–Kier alpha value is -0.810. The van der Waals surface area contributed by atoms with Gasteiger partial charge in [0.2, 0.25) is 0 Å². The van der Waals surface area contributed by atoms with Crippen molar-refractivity contribution in [3.05, 3.63) is 0 Å². The van der Waals surface area contributed by atoms with Crippen LogP contribution < -0.4 is 5.32 Å². The van der Waals surface area contributed by atoms with Crippen molar-refractivity contribution in [3.63, 3.8) is 0 Å². The summed E-state index contributed by atoms with van der Waals surface area (Å²) in [6.07, 6.45) is 5.10. The number of rotatable bonds is 4. The van der Waals surface area contributed by atoms with Gasteiger partial charge in [0, 0.05) is 37.8 Å². The molecule has 1 saturated heterocycles. The minimum atomic E-state index is -0.149. The molecule has 0 aromatic rings. The summed E-state index contributed by atoms with van der Waals surface area (Å²) in [6.45, 7) is 13.8. The van der Waals surface area contributed by atoms with Gasteiger partial charge in [-0.05, 0) is 65.8 Å². The highest BCUT2D eigenvalue weighted by molar-refractivity contribution is 5.67. The molecule has 1 amide bonds. The van der Waals surface area contributed by atoms with Gasteiger partial charge in [0.05, 0.1) is 6.61 Å². The Morgan fingerprint density at radius 3 is 2.22 bits per heavy atom. The molecule has 0 spiro atoms. The van der Waals surface area contributed by atoms with Crippen LogP contribution in [0.2, 0.25) is 0 Å². The highest BCUT2D eigenvalue weighted by atomic mass is 16.6. The number of piperazine rings is 1. The first-order valence-electron chi connectivity index (χ1n) is 9.30. The highest BCUT2D eigenvalue weighted by Gasteiger charge is 2.30. The summed E-state index contributed by atoms with van der Waals surface area (Å²) >= 11 is 0. The second-order valence-electron chi connectivity index (χ2n) is 8.03. The molecule has 1 saturated carbocycles. The molecule has 2 fully saturated rings. The second kappa shape index (κ2) is 8.34. The van der Waals surface area contributed by atoms with Crippen LogP contribution in [0.4, 0.5) is 4.79 Å². The van der Waals surface area contributed by atoms with E-state index in [9.17, 15) is 4.79 Å². The van der Waals surface area contributed by atoms with Gasteiger partial charge in [-0.1, -0.05) is 0 Å². The van der Waals surface area contributed by atoms with Crippen LogP contribution in [0.3, 0.4) is 0 Å². The predicted octanol–water partition coefficient (Wildman–Crippen LogP) is 2.71. The minimum Gasteiger partial charge on any atom is -0.450 e. The molecule has 0 radical (unpaired) electrons. The van der Waals surface area contributed by atoms with Crippen molar-refractivity contribution in [3.8, 4) is 0 Å². The number of nitrogens with zero attached hydrogens (tertiary/aromatic N) is 2. The number of hydrogen-bond donors (Lipinski definition) is 1. The predicted molar refractivity (Wildman–Crippen MR) is 93.7 cm³/mol. The van der Waals surface area contributed by atoms with Gasteiger partial charge in [0.25, 0.3) is 0 Å². The van der Waals surface area contributed by atoms with Gasteiger partial charge in [-0.15, -0.1) is 0 Å². The number of amides is 1. The maximum atomic E-state index is 11.8.